The molecule has 1 amide bonds. The summed E-state index contributed by atoms with van der Waals surface area (Å²) in [6, 6.07) is -1.22. The van der Waals surface area contributed by atoms with Crippen molar-refractivity contribution in [1.29, 1.82) is 0 Å². The lowest BCUT2D eigenvalue weighted by molar-refractivity contribution is -0.154. The molecule has 7 heteroatoms. The van der Waals surface area contributed by atoms with Crippen molar-refractivity contribution in [2.24, 2.45) is 0 Å². The highest BCUT2D eigenvalue weighted by Crippen LogP contribution is 2.42. The smallest absolute Gasteiger partial charge is 0.243 e. The monoisotopic (exact) mass is 334 g/mol. The molecule has 1 unspecified atom stereocenters. The number of fused-ring (bicyclic) bond motifs is 3. The van der Waals surface area contributed by atoms with Crippen LogP contribution in [0.4, 0.5) is 0 Å². The molecule has 0 aromatic carbocycles. The van der Waals surface area contributed by atoms with Gasteiger partial charge in [0.2, 0.25) is 11.7 Å². The van der Waals surface area contributed by atoms with Crippen LogP contribution in [0, 0.1) is 0 Å². The van der Waals surface area contributed by atoms with Crippen molar-refractivity contribution < 1.29 is 23.9 Å². The molecular formula is C17H22N2O5. The normalized spacial score (nSPS) is 34.1. The van der Waals surface area contributed by atoms with Crippen molar-refractivity contribution in [2.75, 3.05) is 28.3 Å². The second-order valence-corrected chi connectivity index (χ2v) is 6.55. The third kappa shape index (κ3) is 1.88. The Morgan fingerprint density at radius 1 is 0.958 bits per heavy atom. The predicted molar refractivity (Wildman–Crippen MR) is 85.1 cm³/mol. The lowest BCUT2D eigenvalue weighted by Crippen LogP contribution is -2.71. The molecule has 1 saturated heterocycles. The van der Waals surface area contributed by atoms with Crippen molar-refractivity contribution in [2.45, 2.75) is 38.1 Å². The van der Waals surface area contributed by atoms with Crippen LogP contribution in [-0.2, 0) is 23.9 Å². The van der Waals surface area contributed by atoms with E-state index in [1.807, 2.05) is 11.8 Å². The van der Waals surface area contributed by atoms with E-state index in [9.17, 15) is 14.4 Å². The average Bonchev–Trinajstić information content (AvgIpc) is 2.56. The summed E-state index contributed by atoms with van der Waals surface area (Å²) in [4.78, 5) is 42.1. The number of likely N-dealkylation sites (N-methyl/N-ethyl adjacent to an activating group) is 2. The number of Topliss-reactive ketones (excluding diaryl/α,β-unsaturated/α-hetero) is 2. The quantitative estimate of drug-likeness (QED) is 0.657. The van der Waals surface area contributed by atoms with Crippen LogP contribution in [0.5, 0.6) is 0 Å². The van der Waals surface area contributed by atoms with E-state index in [0.717, 1.165) is 0 Å². The number of methoxy groups -OCH3 is 2. The van der Waals surface area contributed by atoms with Gasteiger partial charge in [-0.05, 0) is 20.9 Å². The minimum atomic E-state index is -0.770. The van der Waals surface area contributed by atoms with Gasteiger partial charge >= 0.3 is 0 Å². The van der Waals surface area contributed by atoms with Gasteiger partial charge in [0.15, 0.2) is 11.5 Å². The van der Waals surface area contributed by atoms with Crippen LogP contribution >= 0.6 is 0 Å². The van der Waals surface area contributed by atoms with Crippen molar-refractivity contribution in [1.82, 2.24) is 9.80 Å². The first-order valence-corrected chi connectivity index (χ1v) is 7.87. The largest absolute Gasteiger partial charge is 0.492 e. The summed E-state index contributed by atoms with van der Waals surface area (Å²) in [6.07, 6.45) is -0.770. The Hall–Kier alpha value is -1.99. The second-order valence-electron chi connectivity index (χ2n) is 6.55. The predicted octanol–water partition coefficient (Wildman–Crippen LogP) is -0.0867. The molecule has 1 fully saturated rings. The van der Waals surface area contributed by atoms with Gasteiger partial charge in [0.25, 0.3) is 0 Å². The van der Waals surface area contributed by atoms with E-state index in [-0.39, 0.29) is 40.9 Å². The first kappa shape index (κ1) is 16.9. The molecule has 7 nitrogen and oxygen atoms in total. The molecule has 0 radical (unpaired) electrons. The highest BCUT2D eigenvalue weighted by molar-refractivity contribution is 6.25. The molecule has 24 heavy (non-hydrogen) atoms. The van der Waals surface area contributed by atoms with Gasteiger partial charge in [0, 0.05) is 36.9 Å². The fourth-order valence-corrected chi connectivity index (χ4v) is 4.17. The number of ketones is 2. The zero-order valence-corrected chi connectivity index (χ0v) is 14.7. The summed E-state index contributed by atoms with van der Waals surface area (Å²) in [7, 11) is 6.35. The molecule has 3 rings (SSSR count). The number of carbonyl (C=O) groups is 3. The van der Waals surface area contributed by atoms with Crippen LogP contribution in [0.25, 0.3) is 0 Å². The number of carbonyl (C=O) groups excluding carboxylic acids is 3. The molecule has 0 saturated carbocycles. The third-order valence-electron chi connectivity index (χ3n) is 5.54. The highest BCUT2D eigenvalue weighted by Gasteiger charge is 2.57. The Labute approximate surface area is 140 Å². The molecule has 2 aliphatic heterocycles. The maximum absolute atomic E-state index is 13.0. The van der Waals surface area contributed by atoms with E-state index < -0.39 is 12.1 Å². The molecule has 2 bridgehead atoms. The van der Waals surface area contributed by atoms with Crippen LogP contribution in [0.1, 0.15) is 13.8 Å². The number of nitrogens with zero attached hydrogens (tertiary/aromatic N) is 2. The van der Waals surface area contributed by atoms with E-state index >= 15 is 0 Å². The Balaban J connectivity index is 2.27. The summed E-state index contributed by atoms with van der Waals surface area (Å²) >= 11 is 0. The van der Waals surface area contributed by atoms with Crippen molar-refractivity contribution in [3.63, 3.8) is 0 Å². The summed E-state index contributed by atoms with van der Waals surface area (Å²) in [5.74, 6) is -0.608. The number of amides is 1. The van der Waals surface area contributed by atoms with Gasteiger partial charge in [0.1, 0.15) is 12.1 Å². The molecule has 0 aromatic heterocycles. The van der Waals surface area contributed by atoms with E-state index in [1.165, 1.54) is 14.2 Å². The van der Waals surface area contributed by atoms with Gasteiger partial charge in [-0.3, -0.25) is 19.3 Å². The maximum Gasteiger partial charge on any atom is 0.243 e. The molecular weight excluding hydrogens is 312 g/mol. The zero-order valence-electron chi connectivity index (χ0n) is 14.7. The van der Waals surface area contributed by atoms with Gasteiger partial charge in [-0.2, -0.15) is 0 Å². The molecule has 3 aliphatic rings. The van der Waals surface area contributed by atoms with Crippen LogP contribution < -0.4 is 0 Å². The third-order valence-corrected chi connectivity index (χ3v) is 5.54. The minimum absolute atomic E-state index is 0.0761. The first-order chi connectivity index (χ1) is 11.3. The molecule has 1 aliphatic carbocycles. The van der Waals surface area contributed by atoms with Crippen molar-refractivity contribution in [3.8, 4) is 0 Å². The van der Waals surface area contributed by atoms with E-state index in [4.69, 9.17) is 9.47 Å². The molecule has 0 aromatic rings. The average molecular weight is 334 g/mol. The van der Waals surface area contributed by atoms with Crippen LogP contribution in [0.2, 0.25) is 0 Å². The fourth-order valence-electron chi connectivity index (χ4n) is 4.17. The number of allylic oxidation sites excluding steroid dienone is 2. The topological polar surface area (TPSA) is 76.2 Å². The lowest BCUT2D eigenvalue weighted by Gasteiger charge is -2.54. The Bertz CT molecular complexity index is 708. The molecule has 4 atom stereocenters. The minimum Gasteiger partial charge on any atom is -0.492 e. The highest BCUT2D eigenvalue weighted by atomic mass is 16.5. The van der Waals surface area contributed by atoms with Gasteiger partial charge in [-0.15, -0.1) is 0 Å². The van der Waals surface area contributed by atoms with Gasteiger partial charge in [0.05, 0.1) is 13.2 Å². The zero-order chi connectivity index (χ0) is 17.9. The van der Waals surface area contributed by atoms with Crippen LogP contribution in [0.15, 0.2) is 22.5 Å². The fraction of sp³-hybridized carbons (Fsp3) is 0.588. The number of hydrogen-bond donors (Lipinski definition) is 0. The van der Waals surface area contributed by atoms with E-state index in [2.05, 4.69) is 0 Å². The summed E-state index contributed by atoms with van der Waals surface area (Å²) < 4.78 is 10.7. The Morgan fingerprint density at radius 3 is 2.12 bits per heavy atom. The molecule has 130 valence electrons. The second kappa shape index (κ2) is 5.53. The standard InChI is InChI=1S/C17H22N2O5/c1-7-13(20)10-9(14(21)15(7)23-5)11-8(2)18(3)17(22)12(19(11)4)16(10)24-6/h8,11-12,16H,1-6H3/t8-,11-,12-,16?/m0/s1. The number of hydrogen-bond acceptors (Lipinski definition) is 6. The van der Waals surface area contributed by atoms with Gasteiger partial charge in [-0.1, -0.05) is 0 Å². The molecule has 2 heterocycles. The summed E-state index contributed by atoms with van der Waals surface area (Å²) in [5, 5.41) is 0. The van der Waals surface area contributed by atoms with E-state index in [0.29, 0.717) is 11.1 Å². The van der Waals surface area contributed by atoms with Crippen molar-refractivity contribution in [3.05, 3.63) is 22.5 Å². The van der Waals surface area contributed by atoms with Gasteiger partial charge < -0.3 is 14.4 Å². The van der Waals surface area contributed by atoms with E-state index in [1.54, 1.807) is 25.9 Å². The molecule has 0 spiro atoms. The number of ether oxygens (including phenoxy) is 2. The maximum atomic E-state index is 13.0. The van der Waals surface area contributed by atoms with Gasteiger partial charge in [-0.25, -0.2) is 0 Å². The summed E-state index contributed by atoms with van der Waals surface area (Å²) in [5.41, 5.74) is 0.960. The number of rotatable bonds is 2. The Morgan fingerprint density at radius 2 is 1.58 bits per heavy atom. The molecule has 0 N–H and O–H groups in total. The van der Waals surface area contributed by atoms with Crippen LogP contribution in [-0.4, -0.2) is 79.8 Å². The lowest BCUT2D eigenvalue weighted by atomic mass is 9.73. The van der Waals surface area contributed by atoms with Crippen molar-refractivity contribution >= 4 is 17.5 Å². The SMILES string of the molecule is COC1=C(C)C(=O)C2=C(C1=O)[C@@H]1[C@H](C)N(C)C(=O)[C@H](C2OC)N1C. The first-order valence-electron chi connectivity index (χ1n) is 7.87. The summed E-state index contributed by atoms with van der Waals surface area (Å²) in [6.45, 7) is 3.45. The van der Waals surface area contributed by atoms with Crippen LogP contribution in [0.3, 0.4) is 0 Å². The Kier molecular flexibility index (Phi) is 3.88. The number of piperazine rings is 1.